The molecule has 1 aliphatic heterocycles. The van der Waals surface area contributed by atoms with Crippen LogP contribution in [-0.4, -0.2) is 18.0 Å². The van der Waals surface area contributed by atoms with Gasteiger partial charge in [0.1, 0.15) is 0 Å². The molecule has 1 nitrogen and oxygen atoms in total. The van der Waals surface area contributed by atoms with Crippen LogP contribution in [0.5, 0.6) is 0 Å². The Kier molecular flexibility index (Phi) is 10.4. The zero-order valence-corrected chi connectivity index (χ0v) is 11.7. The van der Waals surface area contributed by atoms with Crippen molar-refractivity contribution < 1.29 is 4.74 Å². The predicted octanol–water partition coefficient (Wildman–Crippen LogP) is 4.48. The van der Waals surface area contributed by atoms with Crippen LogP contribution in [0.1, 0.15) is 40.0 Å². The van der Waals surface area contributed by atoms with Gasteiger partial charge in [0.25, 0.3) is 0 Å². The second-order valence-electron chi connectivity index (χ2n) is 3.17. The molecule has 0 aromatic heterocycles. The van der Waals surface area contributed by atoms with E-state index in [-0.39, 0.29) is 0 Å². The van der Waals surface area contributed by atoms with Gasteiger partial charge in [0.05, 0.1) is 6.10 Å². The standard InChI is InChI=1S/C11H17BrO.C2H6/c1-2-5-10(6-3-8-12)11-7-4-9-13-11;1-2/h3,5-6,11H,2,4,7-9H2,1H3;1-2H3/b6-3-,10-5+;. The number of ether oxygens (including phenoxy) is 1. The van der Waals surface area contributed by atoms with E-state index in [1.54, 1.807) is 0 Å². The molecule has 0 N–H and O–H groups in total. The molecule has 0 spiro atoms. The molecule has 1 atom stereocenters. The van der Waals surface area contributed by atoms with Crippen molar-refractivity contribution in [2.75, 3.05) is 11.9 Å². The molecule has 15 heavy (non-hydrogen) atoms. The molecule has 0 bridgehead atoms. The fourth-order valence-electron chi connectivity index (χ4n) is 1.56. The Bertz CT molecular complexity index is 191. The van der Waals surface area contributed by atoms with Crippen LogP contribution in [0.4, 0.5) is 0 Å². The van der Waals surface area contributed by atoms with E-state index in [9.17, 15) is 0 Å². The molecule has 1 unspecified atom stereocenters. The molecule has 0 amide bonds. The summed E-state index contributed by atoms with van der Waals surface area (Å²) in [6, 6.07) is 0. The molecule has 1 rings (SSSR count). The van der Waals surface area contributed by atoms with E-state index in [1.807, 2.05) is 13.8 Å². The van der Waals surface area contributed by atoms with Crippen molar-refractivity contribution in [3.8, 4) is 0 Å². The van der Waals surface area contributed by atoms with Gasteiger partial charge >= 0.3 is 0 Å². The summed E-state index contributed by atoms with van der Waals surface area (Å²) in [5, 5.41) is 0.917. The SMILES string of the molecule is CC.CC/C=C(\C=C/CBr)C1CCCO1. The molecule has 0 aromatic carbocycles. The summed E-state index contributed by atoms with van der Waals surface area (Å²) in [5.74, 6) is 0. The van der Waals surface area contributed by atoms with Gasteiger partial charge in [-0.25, -0.2) is 0 Å². The summed E-state index contributed by atoms with van der Waals surface area (Å²) in [6.45, 7) is 7.09. The normalized spacial score (nSPS) is 21.6. The number of hydrogen-bond donors (Lipinski definition) is 0. The fraction of sp³-hybridized carbons (Fsp3) is 0.692. The summed E-state index contributed by atoms with van der Waals surface area (Å²) in [6.07, 6.45) is 10.4. The average molecular weight is 275 g/mol. The van der Waals surface area contributed by atoms with Crippen molar-refractivity contribution in [2.45, 2.75) is 46.1 Å². The summed E-state index contributed by atoms with van der Waals surface area (Å²) < 4.78 is 5.63. The van der Waals surface area contributed by atoms with Gasteiger partial charge in [0, 0.05) is 11.9 Å². The summed E-state index contributed by atoms with van der Waals surface area (Å²) in [7, 11) is 0. The van der Waals surface area contributed by atoms with Crippen LogP contribution in [0.2, 0.25) is 0 Å². The Balaban J connectivity index is 0.000000921. The van der Waals surface area contributed by atoms with Crippen molar-refractivity contribution >= 4 is 15.9 Å². The molecule has 0 saturated carbocycles. The summed E-state index contributed by atoms with van der Waals surface area (Å²) in [4.78, 5) is 0. The molecule has 0 radical (unpaired) electrons. The van der Waals surface area contributed by atoms with Crippen LogP contribution >= 0.6 is 15.9 Å². The van der Waals surface area contributed by atoms with E-state index >= 15 is 0 Å². The molecular formula is C13H23BrO. The number of rotatable bonds is 4. The third-order valence-corrected chi connectivity index (χ3v) is 2.51. The zero-order chi connectivity index (χ0) is 11.5. The monoisotopic (exact) mass is 274 g/mol. The molecule has 1 fully saturated rings. The van der Waals surface area contributed by atoms with Crippen LogP contribution in [-0.2, 0) is 4.74 Å². The van der Waals surface area contributed by atoms with E-state index in [4.69, 9.17) is 4.74 Å². The number of allylic oxidation sites excluding steroid dienone is 2. The minimum Gasteiger partial charge on any atom is -0.374 e. The highest BCUT2D eigenvalue weighted by atomic mass is 79.9. The van der Waals surface area contributed by atoms with Gasteiger partial charge in [0.2, 0.25) is 0 Å². The molecule has 1 aliphatic rings. The lowest BCUT2D eigenvalue weighted by atomic mass is 10.1. The lowest BCUT2D eigenvalue weighted by Crippen LogP contribution is -2.07. The number of alkyl halides is 1. The highest BCUT2D eigenvalue weighted by Gasteiger charge is 2.17. The van der Waals surface area contributed by atoms with E-state index in [0.29, 0.717) is 6.10 Å². The molecule has 0 aromatic rings. The molecule has 2 heteroatoms. The van der Waals surface area contributed by atoms with Crippen LogP contribution in [0.3, 0.4) is 0 Å². The van der Waals surface area contributed by atoms with Gasteiger partial charge < -0.3 is 4.74 Å². The number of halogens is 1. The van der Waals surface area contributed by atoms with E-state index in [1.165, 1.54) is 18.4 Å². The summed E-state index contributed by atoms with van der Waals surface area (Å²) in [5.41, 5.74) is 1.35. The second kappa shape index (κ2) is 10.4. The Morgan fingerprint density at radius 2 is 2.20 bits per heavy atom. The number of hydrogen-bond acceptors (Lipinski definition) is 1. The van der Waals surface area contributed by atoms with Gasteiger partial charge in [0.15, 0.2) is 0 Å². The predicted molar refractivity (Wildman–Crippen MR) is 71.6 cm³/mol. The van der Waals surface area contributed by atoms with Crippen molar-refractivity contribution in [3.63, 3.8) is 0 Å². The molecular weight excluding hydrogens is 252 g/mol. The third kappa shape index (κ3) is 6.16. The molecule has 1 heterocycles. The first-order valence-electron chi connectivity index (χ1n) is 5.92. The van der Waals surface area contributed by atoms with Gasteiger partial charge in [-0.05, 0) is 24.8 Å². The van der Waals surface area contributed by atoms with Crippen molar-refractivity contribution in [1.82, 2.24) is 0 Å². The highest BCUT2D eigenvalue weighted by Crippen LogP contribution is 2.21. The fourth-order valence-corrected chi connectivity index (χ4v) is 1.75. The summed E-state index contributed by atoms with van der Waals surface area (Å²) >= 11 is 3.38. The Morgan fingerprint density at radius 1 is 1.47 bits per heavy atom. The average Bonchev–Trinajstić information content (AvgIpc) is 2.80. The Hall–Kier alpha value is -0.0800. The Morgan fingerprint density at radius 3 is 2.67 bits per heavy atom. The van der Waals surface area contributed by atoms with E-state index < -0.39 is 0 Å². The smallest absolute Gasteiger partial charge is 0.0822 e. The van der Waals surface area contributed by atoms with Crippen molar-refractivity contribution in [2.24, 2.45) is 0 Å². The van der Waals surface area contributed by atoms with E-state index in [2.05, 4.69) is 41.1 Å². The van der Waals surface area contributed by atoms with Crippen molar-refractivity contribution in [3.05, 3.63) is 23.8 Å². The zero-order valence-electron chi connectivity index (χ0n) is 10.1. The topological polar surface area (TPSA) is 9.23 Å². The highest BCUT2D eigenvalue weighted by molar-refractivity contribution is 9.09. The van der Waals surface area contributed by atoms with Gasteiger partial charge in [-0.2, -0.15) is 0 Å². The molecule has 0 aliphatic carbocycles. The van der Waals surface area contributed by atoms with Crippen LogP contribution in [0.25, 0.3) is 0 Å². The van der Waals surface area contributed by atoms with Crippen LogP contribution in [0, 0.1) is 0 Å². The quantitative estimate of drug-likeness (QED) is 0.543. The molecule has 1 saturated heterocycles. The lowest BCUT2D eigenvalue weighted by Gasteiger charge is -2.10. The van der Waals surface area contributed by atoms with Crippen molar-refractivity contribution in [1.29, 1.82) is 0 Å². The van der Waals surface area contributed by atoms with Gasteiger partial charge in [-0.3, -0.25) is 0 Å². The second-order valence-corrected chi connectivity index (χ2v) is 3.82. The maximum Gasteiger partial charge on any atom is 0.0822 e. The first kappa shape index (κ1) is 14.9. The lowest BCUT2D eigenvalue weighted by molar-refractivity contribution is 0.139. The first-order valence-corrected chi connectivity index (χ1v) is 7.04. The van der Waals surface area contributed by atoms with Gasteiger partial charge in [-0.1, -0.05) is 54.9 Å². The third-order valence-electron chi connectivity index (χ3n) is 2.14. The maximum atomic E-state index is 5.63. The maximum absolute atomic E-state index is 5.63. The van der Waals surface area contributed by atoms with Crippen LogP contribution in [0.15, 0.2) is 23.8 Å². The molecule has 88 valence electrons. The van der Waals surface area contributed by atoms with Gasteiger partial charge in [-0.15, -0.1) is 0 Å². The Labute approximate surface area is 103 Å². The first-order chi connectivity index (χ1) is 7.38. The van der Waals surface area contributed by atoms with E-state index in [0.717, 1.165) is 18.4 Å². The van der Waals surface area contributed by atoms with Crippen LogP contribution < -0.4 is 0 Å². The minimum atomic E-state index is 0.357. The largest absolute Gasteiger partial charge is 0.374 e. The minimum absolute atomic E-state index is 0.357.